The number of hydrogen-bond donors (Lipinski definition) is 1. The summed E-state index contributed by atoms with van der Waals surface area (Å²) in [6.07, 6.45) is 3.33. The summed E-state index contributed by atoms with van der Waals surface area (Å²) in [5, 5.41) is 2.86. The van der Waals surface area contributed by atoms with Gasteiger partial charge in [-0.25, -0.2) is 4.99 Å². The van der Waals surface area contributed by atoms with E-state index in [-0.39, 0.29) is 5.91 Å². The number of amidine groups is 1. The van der Waals surface area contributed by atoms with Gasteiger partial charge >= 0.3 is 0 Å². The lowest BCUT2D eigenvalue weighted by molar-refractivity contribution is -0.115. The zero-order chi connectivity index (χ0) is 17.8. The largest absolute Gasteiger partial charge is 0.496 e. The maximum Gasteiger partial charge on any atom is 0.275 e. The van der Waals surface area contributed by atoms with Crippen LogP contribution in [0, 0.1) is 13.8 Å². The Morgan fingerprint density at radius 2 is 1.88 bits per heavy atom. The van der Waals surface area contributed by atoms with Crippen LogP contribution in [0.2, 0.25) is 0 Å². The fourth-order valence-electron chi connectivity index (χ4n) is 2.88. The van der Waals surface area contributed by atoms with Gasteiger partial charge < -0.3 is 10.1 Å². The van der Waals surface area contributed by atoms with Gasteiger partial charge in [0, 0.05) is 12.0 Å². The highest BCUT2D eigenvalue weighted by atomic mass is 16.5. The second-order valence-electron chi connectivity index (χ2n) is 6.28. The van der Waals surface area contributed by atoms with E-state index in [0.717, 1.165) is 23.3 Å². The average Bonchev–Trinajstić information content (AvgIpc) is 2.93. The molecule has 0 aliphatic carbocycles. The first kappa shape index (κ1) is 17.0. The second kappa shape index (κ2) is 7.34. The van der Waals surface area contributed by atoms with E-state index in [1.54, 1.807) is 13.2 Å². The molecule has 4 nitrogen and oxygen atoms in total. The normalized spacial score (nSPS) is 15.2. The van der Waals surface area contributed by atoms with Crippen molar-refractivity contribution in [2.75, 3.05) is 7.11 Å². The number of aryl methyl sites for hydroxylation is 3. The Kier molecular flexibility index (Phi) is 4.98. The van der Waals surface area contributed by atoms with Crippen LogP contribution < -0.4 is 10.1 Å². The molecule has 0 spiro atoms. The number of ether oxygens (including phenoxy) is 1. The van der Waals surface area contributed by atoms with Crippen molar-refractivity contribution in [1.29, 1.82) is 0 Å². The smallest absolute Gasteiger partial charge is 0.275 e. The third-order valence-electron chi connectivity index (χ3n) is 4.16. The van der Waals surface area contributed by atoms with Crippen LogP contribution in [0.15, 0.2) is 53.2 Å². The van der Waals surface area contributed by atoms with E-state index in [1.807, 2.05) is 25.1 Å². The Balaban J connectivity index is 1.77. The monoisotopic (exact) mass is 334 g/mol. The molecule has 0 unspecified atom stereocenters. The molecule has 25 heavy (non-hydrogen) atoms. The van der Waals surface area contributed by atoms with Gasteiger partial charge in [-0.2, -0.15) is 0 Å². The summed E-state index contributed by atoms with van der Waals surface area (Å²) in [4.78, 5) is 16.7. The van der Waals surface area contributed by atoms with Crippen molar-refractivity contribution in [3.8, 4) is 5.75 Å². The Morgan fingerprint density at radius 3 is 2.64 bits per heavy atom. The fourth-order valence-corrected chi connectivity index (χ4v) is 2.88. The Morgan fingerprint density at radius 1 is 1.08 bits per heavy atom. The van der Waals surface area contributed by atoms with Crippen LogP contribution in [0.1, 0.15) is 28.7 Å². The van der Waals surface area contributed by atoms with E-state index >= 15 is 0 Å². The minimum Gasteiger partial charge on any atom is -0.496 e. The van der Waals surface area contributed by atoms with Gasteiger partial charge in [0.1, 0.15) is 17.3 Å². The second-order valence-corrected chi connectivity index (χ2v) is 6.28. The van der Waals surface area contributed by atoms with E-state index < -0.39 is 0 Å². The zero-order valence-corrected chi connectivity index (χ0v) is 14.8. The first-order chi connectivity index (χ1) is 12.0. The molecule has 128 valence electrons. The summed E-state index contributed by atoms with van der Waals surface area (Å²) in [6, 6.07) is 14.2. The lowest BCUT2D eigenvalue weighted by Crippen LogP contribution is -2.24. The predicted molar refractivity (Wildman–Crippen MR) is 101 cm³/mol. The molecule has 2 aromatic rings. The van der Waals surface area contributed by atoms with Crippen molar-refractivity contribution in [1.82, 2.24) is 5.32 Å². The predicted octanol–water partition coefficient (Wildman–Crippen LogP) is 3.81. The van der Waals surface area contributed by atoms with Gasteiger partial charge in [0.15, 0.2) is 0 Å². The van der Waals surface area contributed by atoms with Crippen LogP contribution in [-0.4, -0.2) is 18.9 Å². The van der Waals surface area contributed by atoms with Crippen molar-refractivity contribution in [3.05, 3.63) is 70.4 Å². The molecule has 0 aromatic heterocycles. The average molecular weight is 334 g/mol. The Bertz CT molecular complexity index is 866. The first-order valence-electron chi connectivity index (χ1n) is 8.36. The highest BCUT2D eigenvalue weighted by Crippen LogP contribution is 2.24. The molecule has 1 amide bonds. The zero-order valence-electron chi connectivity index (χ0n) is 14.8. The molecule has 2 aromatic carbocycles. The maximum absolute atomic E-state index is 12.2. The number of hydrogen-bond acceptors (Lipinski definition) is 3. The van der Waals surface area contributed by atoms with Gasteiger partial charge in [-0.15, -0.1) is 0 Å². The van der Waals surface area contributed by atoms with Gasteiger partial charge in [0.2, 0.25) is 0 Å². The van der Waals surface area contributed by atoms with E-state index in [0.29, 0.717) is 18.0 Å². The van der Waals surface area contributed by atoms with Crippen molar-refractivity contribution in [2.24, 2.45) is 4.99 Å². The van der Waals surface area contributed by atoms with Gasteiger partial charge in [-0.3, -0.25) is 4.79 Å². The molecular formula is C21H22N2O2. The lowest BCUT2D eigenvalue weighted by atomic mass is 10.1. The van der Waals surface area contributed by atoms with Crippen LogP contribution in [-0.2, 0) is 11.2 Å². The number of carbonyl (C=O) groups excluding carboxylic acids is 1. The number of aliphatic imine (C=N–C) groups is 1. The molecule has 0 bridgehead atoms. The molecule has 0 saturated heterocycles. The molecular weight excluding hydrogens is 312 g/mol. The molecule has 1 aliphatic rings. The minimum atomic E-state index is -0.164. The van der Waals surface area contributed by atoms with E-state index in [1.165, 1.54) is 11.1 Å². The van der Waals surface area contributed by atoms with Crippen LogP contribution in [0.4, 0.5) is 0 Å². The Labute approximate surface area is 148 Å². The van der Waals surface area contributed by atoms with Gasteiger partial charge in [-0.1, -0.05) is 41.5 Å². The molecule has 0 fully saturated rings. The van der Waals surface area contributed by atoms with Gasteiger partial charge in [-0.05, 0) is 44.0 Å². The summed E-state index contributed by atoms with van der Waals surface area (Å²) >= 11 is 0. The van der Waals surface area contributed by atoms with E-state index in [4.69, 9.17) is 4.74 Å². The summed E-state index contributed by atoms with van der Waals surface area (Å²) in [5.41, 5.74) is 4.87. The minimum absolute atomic E-state index is 0.164. The SMILES string of the molecule is COc1ccc(C)cc1/C=C1/N=C(CCc2cccc(C)c2)NC1=O. The number of rotatable bonds is 5. The van der Waals surface area contributed by atoms with Crippen LogP contribution in [0.25, 0.3) is 6.08 Å². The molecule has 3 rings (SSSR count). The van der Waals surface area contributed by atoms with Crippen molar-refractivity contribution < 1.29 is 9.53 Å². The van der Waals surface area contributed by atoms with Crippen molar-refractivity contribution in [2.45, 2.75) is 26.7 Å². The van der Waals surface area contributed by atoms with E-state index in [2.05, 4.69) is 41.5 Å². The summed E-state index contributed by atoms with van der Waals surface area (Å²) in [6.45, 7) is 4.08. The molecule has 1 aliphatic heterocycles. The lowest BCUT2D eigenvalue weighted by Gasteiger charge is -2.05. The number of methoxy groups -OCH3 is 1. The molecule has 1 heterocycles. The summed E-state index contributed by atoms with van der Waals surface area (Å²) in [7, 11) is 1.62. The topological polar surface area (TPSA) is 50.7 Å². The van der Waals surface area contributed by atoms with Crippen LogP contribution in [0.3, 0.4) is 0 Å². The van der Waals surface area contributed by atoms with Gasteiger partial charge in [0.25, 0.3) is 5.91 Å². The molecule has 0 radical (unpaired) electrons. The molecule has 0 saturated carbocycles. The highest BCUT2D eigenvalue weighted by molar-refractivity contribution is 6.14. The van der Waals surface area contributed by atoms with Crippen molar-refractivity contribution >= 4 is 17.8 Å². The number of carbonyl (C=O) groups is 1. The van der Waals surface area contributed by atoms with E-state index in [9.17, 15) is 4.79 Å². The number of nitrogens with zero attached hydrogens (tertiary/aromatic N) is 1. The van der Waals surface area contributed by atoms with Gasteiger partial charge in [0.05, 0.1) is 7.11 Å². The van der Waals surface area contributed by atoms with Crippen molar-refractivity contribution in [3.63, 3.8) is 0 Å². The summed E-state index contributed by atoms with van der Waals surface area (Å²) in [5.74, 6) is 1.28. The maximum atomic E-state index is 12.2. The first-order valence-corrected chi connectivity index (χ1v) is 8.36. The third kappa shape index (κ3) is 4.15. The third-order valence-corrected chi connectivity index (χ3v) is 4.16. The quantitative estimate of drug-likeness (QED) is 0.845. The number of nitrogens with one attached hydrogen (secondary N) is 1. The highest BCUT2D eigenvalue weighted by Gasteiger charge is 2.20. The fraction of sp³-hybridized carbons (Fsp3) is 0.238. The molecule has 4 heteroatoms. The molecule has 1 N–H and O–H groups in total. The van der Waals surface area contributed by atoms with Crippen LogP contribution >= 0.6 is 0 Å². The Hall–Kier alpha value is -2.88. The summed E-state index contributed by atoms with van der Waals surface area (Å²) < 4.78 is 5.36. The van der Waals surface area contributed by atoms with Crippen LogP contribution in [0.5, 0.6) is 5.75 Å². The molecule has 0 atom stereocenters. The standard InChI is InChI=1S/C21H22N2O2/c1-14-5-4-6-16(11-14)8-10-20-22-18(21(24)23-20)13-17-12-15(2)7-9-19(17)25-3/h4-7,9,11-13H,8,10H2,1-3H3,(H,22,23,24)/b18-13+. The number of benzene rings is 2. The number of amides is 1.